The quantitative estimate of drug-likeness (QED) is 0.284. The molecule has 1 radical (unpaired) electrons. The molecule has 2 aromatic rings. The molecule has 3 atom stereocenters. The van der Waals surface area contributed by atoms with Crippen LogP contribution in [-0.2, 0) is 19.3 Å². The van der Waals surface area contributed by atoms with E-state index >= 15 is 0 Å². The minimum absolute atomic E-state index is 0.406. The van der Waals surface area contributed by atoms with Crippen molar-refractivity contribution in [1.29, 1.82) is 0 Å². The van der Waals surface area contributed by atoms with Gasteiger partial charge in [0.1, 0.15) is 0 Å². The molecule has 2 aliphatic heterocycles. The van der Waals surface area contributed by atoms with Gasteiger partial charge in [0.2, 0.25) is 0 Å². The van der Waals surface area contributed by atoms with E-state index in [0.29, 0.717) is 13.3 Å². The molecule has 3 unspecified atom stereocenters. The molecular weight excluding hydrogens is 621 g/mol. The minimum atomic E-state index is -2.32. The summed E-state index contributed by atoms with van der Waals surface area (Å²) < 4.78 is 1.03. The third-order valence-electron chi connectivity index (χ3n) is 7.56. The van der Waals surface area contributed by atoms with Gasteiger partial charge in [-0.3, -0.25) is 0 Å². The molecule has 2 heterocycles. The van der Waals surface area contributed by atoms with Gasteiger partial charge in [0.05, 0.1) is 0 Å². The first-order chi connectivity index (χ1) is 16.1. The number of hydrogen-bond acceptors (Lipinski definition) is 2. The normalized spacial score (nSPS) is 22.9. The molecule has 0 spiro atoms. The van der Waals surface area contributed by atoms with E-state index in [2.05, 4.69) is 80.8 Å². The molecule has 2 nitrogen and oxygen atoms in total. The van der Waals surface area contributed by atoms with Crippen molar-refractivity contribution in [2.24, 2.45) is 0 Å². The second-order valence-corrected chi connectivity index (χ2v) is 19.9. The summed E-state index contributed by atoms with van der Waals surface area (Å²) in [4.78, 5) is 5.57. The SMILES string of the molecule is CCCc1cccc(CCC)c1N1CCN2c3c(CCC)cccc3C(CC)[CH](C)[Po]([Cl])[CH]12. The first kappa shape index (κ1) is 25.3. The Morgan fingerprint density at radius 1 is 0.788 bits per heavy atom. The number of halogens is 1. The Balaban J connectivity index is 1.88. The summed E-state index contributed by atoms with van der Waals surface area (Å²) in [6, 6.07) is 14.2. The Labute approximate surface area is 214 Å². The first-order valence-corrected chi connectivity index (χ1v) is 20.8. The van der Waals surface area contributed by atoms with Crippen molar-refractivity contribution in [2.45, 2.75) is 92.9 Å². The molecule has 2 aromatic carbocycles. The molecule has 181 valence electrons. The van der Waals surface area contributed by atoms with Gasteiger partial charge >= 0.3 is 215 Å². The summed E-state index contributed by atoms with van der Waals surface area (Å²) >= 11 is -2.32. The number of hydrogen-bond donors (Lipinski definition) is 0. The van der Waals surface area contributed by atoms with Crippen LogP contribution in [0.15, 0.2) is 36.4 Å². The van der Waals surface area contributed by atoms with Crippen LogP contribution in [0, 0.1) is 0 Å². The van der Waals surface area contributed by atoms with E-state index < -0.39 is 20.9 Å². The van der Waals surface area contributed by atoms with Gasteiger partial charge in [-0.25, -0.2) is 0 Å². The molecule has 4 heteroatoms. The number of anilines is 2. The fourth-order valence-corrected chi connectivity index (χ4v) is 16.5. The Hall–Kier alpha value is -0.774. The van der Waals surface area contributed by atoms with E-state index in [4.69, 9.17) is 8.45 Å². The number of aryl methyl sites for hydroxylation is 3. The van der Waals surface area contributed by atoms with Gasteiger partial charge in [-0.15, -0.1) is 0 Å². The molecule has 0 aromatic heterocycles. The predicted molar refractivity (Wildman–Crippen MR) is 147 cm³/mol. The maximum atomic E-state index is 7.68. The Bertz CT molecular complexity index is 921. The zero-order valence-corrected chi connectivity index (χ0v) is 25.2. The van der Waals surface area contributed by atoms with E-state index in [9.17, 15) is 0 Å². The summed E-state index contributed by atoms with van der Waals surface area (Å²) in [5, 5.41) is 0. The molecule has 0 amide bonds. The number of nitrogens with zero attached hydrogens (tertiary/aromatic N) is 2. The molecule has 0 saturated carbocycles. The van der Waals surface area contributed by atoms with Gasteiger partial charge < -0.3 is 0 Å². The summed E-state index contributed by atoms with van der Waals surface area (Å²) in [6.07, 6.45) is 8.23. The van der Waals surface area contributed by atoms with E-state index in [1.807, 2.05) is 0 Å². The van der Waals surface area contributed by atoms with Crippen molar-refractivity contribution in [3.05, 3.63) is 58.7 Å². The van der Waals surface area contributed by atoms with Crippen molar-refractivity contribution in [1.82, 2.24) is 0 Å². The van der Waals surface area contributed by atoms with Crippen LogP contribution in [0.3, 0.4) is 0 Å². The topological polar surface area (TPSA) is 6.48 Å². The second-order valence-electron chi connectivity index (χ2n) is 9.78. The molecule has 4 rings (SSSR count). The summed E-state index contributed by atoms with van der Waals surface area (Å²) in [5.74, 6) is 0.594. The zero-order valence-electron chi connectivity index (χ0n) is 21.2. The summed E-state index contributed by atoms with van der Waals surface area (Å²) in [7, 11) is 7.68. The van der Waals surface area contributed by atoms with Gasteiger partial charge in [-0.1, -0.05) is 0 Å². The predicted octanol–water partition coefficient (Wildman–Crippen LogP) is 7.86. The van der Waals surface area contributed by atoms with E-state index in [0.717, 1.165) is 32.4 Å². The van der Waals surface area contributed by atoms with Crippen molar-refractivity contribution >= 4 is 40.7 Å². The Morgan fingerprint density at radius 2 is 1.27 bits per heavy atom. The van der Waals surface area contributed by atoms with Gasteiger partial charge in [0.25, 0.3) is 0 Å². The van der Waals surface area contributed by atoms with Crippen molar-refractivity contribution in [3.8, 4) is 0 Å². The molecule has 2 aliphatic rings. The van der Waals surface area contributed by atoms with E-state index in [1.165, 1.54) is 48.1 Å². The molecule has 33 heavy (non-hydrogen) atoms. The van der Waals surface area contributed by atoms with Gasteiger partial charge in [-0.2, -0.15) is 0 Å². The van der Waals surface area contributed by atoms with Gasteiger partial charge in [0, 0.05) is 0 Å². The number of rotatable bonds is 8. The Kier molecular flexibility index (Phi) is 8.68. The molecule has 1 saturated heterocycles. The second kappa shape index (κ2) is 11.3. The molecule has 0 bridgehead atoms. The third-order valence-corrected chi connectivity index (χ3v) is 19.0. The first-order valence-electron chi connectivity index (χ1n) is 13.2. The fourth-order valence-electron chi connectivity index (χ4n) is 6.13. The van der Waals surface area contributed by atoms with Gasteiger partial charge in [-0.05, 0) is 0 Å². The van der Waals surface area contributed by atoms with Crippen molar-refractivity contribution in [3.63, 3.8) is 0 Å². The summed E-state index contributed by atoms with van der Waals surface area (Å²) in [5.41, 5.74) is 9.26. The molecular formula is C29H42ClN2Po. The van der Waals surface area contributed by atoms with Crippen LogP contribution in [0.4, 0.5) is 11.4 Å². The van der Waals surface area contributed by atoms with Crippen LogP contribution < -0.4 is 9.80 Å². The fraction of sp³-hybridized carbons (Fsp3) is 0.586. The van der Waals surface area contributed by atoms with Crippen LogP contribution >= 0.6 is 8.45 Å². The van der Waals surface area contributed by atoms with E-state index in [1.54, 1.807) is 11.3 Å². The van der Waals surface area contributed by atoms with Crippen LogP contribution in [0.5, 0.6) is 0 Å². The van der Waals surface area contributed by atoms with Crippen LogP contribution in [0.1, 0.15) is 88.5 Å². The standard InChI is InChI=1S/C29H42N2.ClH.Po/c1-6-13-24-16-11-17-25(14-7-2)28(24)30-20-21-31(22-30)29-26(15-8-3)18-12-19-27(29)23(9-4)10-5;;/h9,11-12,16-19,22-23H,6-8,10,13-15,20-21H2,1-5H3;1H;/q;;+1/p-1. The number of benzene rings is 2. The monoisotopic (exact) mass is 662 g/mol. The average molecular weight is 663 g/mol. The Morgan fingerprint density at radius 3 is 1.79 bits per heavy atom. The number of para-hydroxylation sites is 2. The molecule has 0 N–H and O–H groups in total. The van der Waals surface area contributed by atoms with E-state index in [-0.39, 0.29) is 0 Å². The van der Waals surface area contributed by atoms with Crippen LogP contribution in [-0.4, -0.2) is 37.8 Å². The number of fused-ring (bicyclic) bond motifs is 3. The molecule has 0 aliphatic carbocycles. The van der Waals surface area contributed by atoms with Crippen molar-refractivity contribution in [2.75, 3.05) is 22.9 Å². The van der Waals surface area contributed by atoms with Crippen LogP contribution in [0.2, 0.25) is 3.58 Å². The summed E-state index contributed by atoms with van der Waals surface area (Å²) in [6.45, 7) is 14.0. The average Bonchev–Trinajstić information content (AvgIpc) is 3.20. The molecule has 1 fully saturated rings. The zero-order chi connectivity index (χ0) is 23.5. The maximum absolute atomic E-state index is 7.68. The third kappa shape index (κ3) is 4.71. The van der Waals surface area contributed by atoms with Crippen LogP contribution in [0.25, 0.3) is 0 Å². The van der Waals surface area contributed by atoms with Crippen molar-refractivity contribution < 1.29 is 0 Å². The van der Waals surface area contributed by atoms with Gasteiger partial charge in [0.15, 0.2) is 0 Å².